The van der Waals surface area contributed by atoms with Crippen LogP contribution in [0.2, 0.25) is 0 Å². The van der Waals surface area contributed by atoms with Crippen LogP contribution in [0, 0.1) is 12.8 Å². The SMILES string of the molecule is COC(=O)NC(C(=O)NC(C)c1cccc(C)c1)C(C)C. The largest absolute Gasteiger partial charge is 0.453 e. The molecule has 5 heteroatoms. The molecule has 1 aromatic carbocycles. The van der Waals surface area contributed by atoms with E-state index in [-0.39, 0.29) is 17.9 Å². The van der Waals surface area contributed by atoms with Crippen molar-refractivity contribution in [1.29, 1.82) is 0 Å². The van der Waals surface area contributed by atoms with Crippen LogP contribution >= 0.6 is 0 Å². The predicted octanol–water partition coefficient (Wildman–Crippen LogP) is 2.55. The smallest absolute Gasteiger partial charge is 0.407 e. The second-order valence-corrected chi connectivity index (χ2v) is 5.50. The molecule has 2 N–H and O–H groups in total. The summed E-state index contributed by atoms with van der Waals surface area (Å²) in [5, 5.41) is 5.49. The van der Waals surface area contributed by atoms with Gasteiger partial charge in [0.1, 0.15) is 6.04 Å². The van der Waals surface area contributed by atoms with E-state index in [0.717, 1.165) is 11.1 Å². The van der Waals surface area contributed by atoms with Gasteiger partial charge in [0, 0.05) is 0 Å². The summed E-state index contributed by atoms with van der Waals surface area (Å²) in [6.07, 6.45) is -0.605. The van der Waals surface area contributed by atoms with Gasteiger partial charge in [-0.15, -0.1) is 0 Å². The zero-order chi connectivity index (χ0) is 16.0. The normalized spacial score (nSPS) is 13.4. The van der Waals surface area contributed by atoms with Gasteiger partial charge in [0.05, 0.1) is 13.2 Å². The molecular formula is C16H24N2O3. The number of methoxy groups -OCH3 is 1. The number of carbonyl (C=O) groups is 2. The molecule has 116 valence electrons. The lowest BCUT2D eigenvalue weighted by Crippen LogP contribution is -2.50. The molecule has 0 aliphatic rings. The van der Waals surface area contributed by atoms with Gasteiger partial charge in [-0.1, -0.05) is 43.7 Å². The Balaban J connectivity index is 2.74. The lowest BCUT2D eigenvalue weighted by molar-refractivity contribution is -0.124. The van der Waals surface area contributed by atoms with Crippen LogP contribution in [0.5, 0.6) is 0 Å². The molecule has 2 amide bonds. The third-order valence-electron chi connectivity index (χ3n) is 3.31. The van der Waals surface area contributed by atoms with E-state index in [0.29, 0.717) is 0 Å². The van der Waals surface area contributed by atoms with E-state index in [9.17, 15) is 9.59 Å². The van der Waals surface area contributed by atoms with Crippen LogP contribution in [-0.4, -0.2) is 25.2 Å². The van der Waals surface area contributed by atoms with E-state index in [1.165, 1.54) is 7.11 Å². The Bertz CT molecular complexity index is 500. The monoisotopic (exact) mass is 292 g/mol. The number of aryl methyl sites for hydroxylation is 1. The summed E-state index contributed by atoms with van der Waals surface area (Å²) in [6.45, 7) is 7.67. The molecule has 0 saturated heterocycles. The molecule has 0 aliphatic heterocycles. The molecular weight excluding hydrogens is 268 g/mol. The third kappa shape index (κ3) is 5.10. The molecule has 2 atom stereocenters. The van der Waals surface area contributed by atoms with Crippen molar-refractivity contribution in [2.45, 2.75) is 39.8 Å². The second-order valence-electron chi connectivity index (χ2n) is 5.50. The molecule has 0 bridgehead atoms. The number of benzene rings is 1. The van der Waals surface area contributed by atoms with Crippen LogP contribution in [0.3, 0.4) is 0 Å². The third-order valence-corrected chi connectivity index (χ3v) is 3.31. The first-order valence-electron chi connectivity index (χ1n) is 7.06. The Hall–Kier alpha value is -2.04. The Kier molecular flexibility index (Phi) is 6.21. The van der Waals surface area contributed by atoms with Gasteiger partial charge in [-0.3, -0.25) is 4.79 Å². The number of ether oxygens (including phenoxy) is 1. The second kappa shape index (κ2) is 7.67. The summed E-state index contributed by atoms with van der Waals surface area (Å²) < 4.78 is 4.56. The number of hydrogen-bond donors (Lipinski definition) is 2. The average Bonchev–Trinajstić information content (AvgIpc) is 2.43. The van der Waals surface area contributed by atoms with Crippen LogP contribution in [0.4, 0.5) is 4.79 Å². The molecule has 1 aromatic rings. The number of hydrogen-bond acceptors (Lipinski definition) is 3. The fourth-order valence-electron chi connectivity index (χ4n) is 2.05. The molecule has 5 nitrogen and oxygen atoms in total. The maximum atomic E-state index is 12.3. The fraction of sp³-hybridized carbons (Fsp3) is 0.500. The van der Waals surface area contributed by atoms with Crippen molar-refractivity contribution < 1.29 is 14.3 Å². The minimum Gasteiger partial charge on any atom is -0.453 e. The Morgan fingerprint density at radius 1 is 1.14 bits per heavy atom. The summed E-state index contributed by atoms with van der Waals surface area (Å²) >= 11 is 0. The van der Waals surface area contributed by atoms with Crippen molar-refractivity contribution in [2.75, 3.05) is 7.11 Å². The van der Waals surface area contributed by atoms with Crippen molar-refractivity contribution >= 4 is 12.0 Å². The number of rotatable bonds is 5. The standard InChI is InChI=1S/C16H24N2O3/c1-10(2)14(18-16(20)21-5)15(19)17-12(4)13-8-6-7-11(3)9-13/h6-10,12,14H,1-5H3,(H,17,19)(H,18,20). The molecule has 2 unspecified atom stereocenters. The van der Waals surface area contributed by atoms with E-state index >= 15 is 0 Å². The minimum atomic E-state index is -0.621. The van der Waals surface area contributed by atoms with E-state index in [1.54, 1.807) is 0 Å². The van der Waals surface area contributed by atoms with Crippen molar-refractivity contribution in [3.05, 3.63) is 35.4 Å². The van der Waals surface area contributed by atoms with Crippen molar-refractivity contribution in [3.8, 4) is 0 Å². The Labute approximate surface area is 126 Å². The molecule has 0 aromatic heterocycles. The van der Waals surface area contributed by atoms with Crippen LogP contribution < -0.4 is 10.6 Å². The van der Waals surface area contributed by atoms with Crippen LogP contribution in [0.15, 0.2) is 24.3 Å². The first-order chi connectivity index (χ1) is 9.85. The van der Waals surface area contributed by atoms with Gasteiger partial charge in [-0.25, -0.2) is 4.79 Å². The van der Waals surface area contributed by atoms with E-state index < -0.39 is 12.1 Å². The minimum absolute atomic E-state index is 0.0335. The summed E-state index contributed by atoms with van der Waals surface area (Å²) in [7, 11) is 1.28. The fourth-order valence-corrected chi connectivity index (χ4v) is 2.05. The summed E-state index contributed by atoms with van der Waals surface area (Å²) in [5.41, 5.74) is 2.17. The lowest BCUT2D eigenvalue weighted by atomic mass is 10.0. The van der Waals surface area contributed by atoms with Gasteiger partial charge in [-0.05, 0) is 25.3 Å². The predicted molar refractivity (Wildman–Crippen MR) is 81.9 cm³/mol. The quantitative estimate of drug-likeness (QED) is 0.876. The summed E-state index contributed by atoms with van der Waals surface area (Å²) in [5.74, 6) is -0.252. The van der Waals surface area contributed by atoms with Gasteiger partial charge in [0.25, 0.3) is 0 Å². The summed E-state index contributed by atoms with van der Waals surface area (Å²) in [4.78, 5) is 23.6. The number of nitrogens with one attached hydrogen (secondary N) is 2. The molecule has 0 aliphatic carbocycles. The Morgan fingerprint density at radius 2 is 1.81 bits per heavy atom. The zero-order valence-corrected chi connectivity index (χ0v) is 13.3. The van der Waals surface area contributed by atoms with Gasteiger partial charge < -0.3 is 15.4 Å². The topological polar surface area (TPSA) is 67.4 Å². The van der Waals surface area contributed by atoms with Crippen LogP contribution in [-0.2, 0) is 9.53 Å². The molecule has 1 rings (SSSR count). The van der Waals surface area contributed by atoms with Gasteiger partial charge in [0.15, 0.2) is 0 Å². The molecule has 0 heterocycles. The van der Waals surface area contributed by atoms with Crippen molar-refractivity contribution in [2.24, 2.45) is 5.92 Å². The Morgan fingerprint density at radius 3 is 2.33 bits per heavy atom. The lowest BCUT2D eigenvalue weighted by Gasteiger charge is -2.23. The maximum Gasteiger partial charge on any atom is 0.407 e. The highest BCUT2D eigenvalue weighted by atomic mass is 16.5. The molecule has 0 radical (unpaired) electrons. The molecule has 0 spiro atoms. The highest BCUT2D eigenvalue weighted by Gasteiger charge is 2.25. The van der Waals surface area contributed by atoms with Gasteiger partial charge in [0.2, 0.25) is 5.91 Å². The van der Waals surface area contributed by atoms with Crippen LogP contribution in [0.1, 0.15) is 37.9 Å². The van der Waals surface area contributed by atoms with E-state index in [4.69, 9.17) is 0 Å². The highest BCUT2D eigenvalue weighted by molar-refractivity contribution is 5.86. The van der Waals surface area contributed by atoms with E-state index in [1.807, 2.05) is 52.0 Å². The van der Waals surface area contributed by atoms with Crippen LogP contribution in [0.25, 0.3) is 0 Å². The molecule has 21 heavy (non-hydrogen) atoms. The number of amides is 2. The summed E-state index contributed by atoms with van der Waals surface area (Å²) in [6, 6.07) is 7.22. The maximum absolute atomic E-state index is 12.3. The average molecular weight is 292 g/mol. The zero-order valence-electron chi connectivity index (χ0n) is 13.3. The molecule has 0 saturated carbocycles. The first kappa shape index (κ1) is 17.0. The van der Waals surface area contributed by atoms with Gasteiger partial charge >= 0.3 is 6.09 Å². The first-order valence-corrected chi connectivity index (χ1v) is 7.06. The van der Waals surface area contributed by atoms with E-state index in [2.05, 4.69) is 15.4 Å². The van der Waals surface area contributed by atoms with Crippen molar-refractivity contribution in [3.63, 3.8) is 0 Å². The number of carbonyl (C=O) groups excluding carboxylic acids is 2. The highest BCUT2D eigenvalue weighted by Crippen LogP contribution is 2.14. The number of alkyl carbamates (subject to hydrolysis) is 1. The molecule has 0 fully saturated rings. The van der Waals surface area contributed by atoms with Gasteiger partial charge in [-0.2, -0.15) is 0 Å². The van der Waals surface area contributed by atoms with Crippen molar-refractivity contribution in [1.82, 2.24) is 10.6 Å².